The fourth-order valence-electron chi connectivity index (χ4n) is 5.07. The number of hydrogen-bond donors (Lipinski definition) is 0. The van der Waals surface area contributed by atoms with Crippen LogP contribution in [-0.2, 0) is 0 Å². The summed E-state index contributed by atoms with van der Waals surface area (Å²) in [6.07, 6.45) is 0. The molecule has 31 heavy (non-hydrogen) atoms. The minimum atomic E-state index is 1.25. The number of aryl methyl sites for hydroxylation is 1. The van der Waals surface area contributed by atoms with Gasteiger partial charge in [-0.05, 0) is 67.8 Å². The van der Waals surface area contributed by atoms with Gasteiger partial charge in [-0.15, -0.1) is 0 Å². The summed E-state index contributed by atoms with van der Waals surface area (Å²) in [5, 5.41) is 2.62. The molecule has 0 heteroatoms. The van der Waals surface area contributed by atoms with Gasteiger partial charge in [-0.25, -0.2) is 0 Å². The first kappa shape index (κ1) is 17.9. The zero-order valence-electron chi connectivity index (χ0n) is 17.5. The first-order valence-electron chi connectivity index (χ1n) is 10.8. The molecular weight excluding hydrogens is 372 g/mol. The number of fused-ring (bicyclic) bond motifs is 2. The van der Waals surface area contributed by atoms with Crippen LogP contribution in [0, 0.1) is 6.92 Å². The predicted octanol–water partition coefficient (Wildman–Crippen LogP) is 8.14. The Hall–Kier alpha value is -3.90. The van der Waals surface area contributed by atoms with E-state index in [0.29, 0.717) is 0 Å². The van der Waals surface area contributed by atoms with Crippen molar-refractivity contribution in [2.75, 3.05) is 0 Å². The summed E-state index contributed by atoms with van der Waals surface area (Å²) in [6.45, 7) is 2.23. The van der Waals surface area contributed by atoms with Crippen molar-refractivity contribution in [3.05, 3.63) is 143 Å². The molecule has 0 atom stereocenters. The van der Waals surface area contributed by atoms with Crippen molar-refractivity contribution < 1.29 is 0 Å². The lowest BCUT2D eigenvalue weighted by molar-refractivity contribution is 1.44. The third-order valence-corrected chi connectivity index (χ3v) is 6.36. The normalized spacial score (nSPS) is 12.5. The van der Waals surface area contributed by atoms with E-state index in [1.165, 1.54) is 60.9 Å². The third kappa shape index (κ3) is 2.76. The molecule has 5 aromatic carbocycles. The fraction of sp³-hybridized carbons (Fsp3) is 0.0323. The molecule has 5 aromatic rings. The molecular formula is C31H22. The van der Waals surface area contributed by atoms with E-state index < -0.39 is 0 Å². The van der Waals surface area contributed by atoms with Crippen molar-refractivity contribution in [2.45, 2.75) is 6.92 Å². The Labute approximate surface area is 183 Å². The van der Waals surface area contributed by atoms with Gasteiger partial charge in [0.15, 0.2) is 0 Å². The maximum Gasteiger partial charge on any atom is -0.00201 e. The van der Waals surface area contributed by atoms with Crippen LogP contribution in [0.5, 0.6) is 0 Å². The van der Waals surface area contributed by atoms with Crippen molar-refractivity contribution in [1.82, 2.24) is 0 Å². The molecule has 0 spiro atoms. The summed E-state index contributed by atoms with van der Waals surface area (Å²) in [4.78, 5) is 0. The molecule has 146 valence electrons. The number of hydrogen-bond acceptors (Lipinski definition) is 0. The van der Waals surface area contributed by atoms with Gasteiger partial charge in [0.25, 0.3) is 0 Å². The van der Waals surface area contributed by atoms with Crippen molar-refractivity contribution in [3.8, 4) is 11.1 Å². The highest BCUT2D eigenvalue weighted by Crippen LogP contribution is 2.48. The van der Waals surface area contributed by atoms with Crippen LogP contribution in [0.15, 0.2) is 115 Å². The maximum atomic E-state index is 2.29. The smallest absolute Gasteiger partial charge is 0.00201 e. The fourth-order valence-corrected chi connectivity index (χ4v) is 5.07. The Morgan fingerprint density at radius 3 is 1.58 bits per heavy atom. The molecule has 6 rings (SSSR count). The van der Waals surface area contributed by atoms with Gasteiger partial charge in [0.05, 0.1) is 0 Å². The molecule has 0 saturated heterocycles. The first-order chi connectivity index (χ1) is 15.3. The van der Waals surface area contributed by atoms with Crippen LogP contribution >= 0.6 is 0 Å². The van der Waals surface area contributed by atoms with E-state index in [1.807, 2.05) is 0 Å². The monoisotopic (exact) mass is 394 g/mol. The molecule has 0 N–H and O–H groups in total. The van der Waals surface area contributed by atoms with E-state index in [-0.39, 0.29) is 0 Å². The molecule has 0 saturated carbocycles. The van der Waals surface area contributed by atoms with Crippen LogP contribution < -0.4 is 0 Å². The predicted molar refractivity (Wildman–Crippen MR) is 132 cm³/mol. The van der Waals surface area contributed by atoms with Gasteiger partial charge in [0, 0.05) is 0 Å². The van der Waals surface area contributed by atoms with Crippen molar-refractivity contribution >= 4 is 21.9 Å². The lowest BCUT2D eigenvalue weighted by atomic mass is 9.85. The zero-order valence-corrected chi connectivity index (χ0v) is 17.5. The molecule has 0 radical (unpaired) electrons. The van der Waals surface area contributed by atoms with Crippen LogP contribution in [0.1, 0.15) is 27.8 Å². The lowest BCUT2D eigenvalue weighted by Gasteiger charge is -2.18. The Morgan fingerprint density at radius 1 is 0.419 bits per heavy atom. The molecule has 0 bridgehead atoms. The molecule has 1 aliphatic carbocycles. The highest BCUT2D eigenvalue weighted by atomic mass is 14.3. The average Bonchev–Trinajstić information content (AvgIpc) is 2.95. The largest absolute Gasteiger partial charge is 0.0622 e. The van der Waals surface area contributed by atoms with Gasteiger partial charge >= 0.3 is 0 Å². The summed E-state index contributed by atoms with van der Waals surface area (Å²) in [7, 11) is 0. The van der Waals surface area contributed by atoms with Crippen LogP contribution in [0.3, 0.4) is 0 Å². The van der Waals surface area contributed by atoms with Gasteiger partial charge < -0.3 is 0 Å². The minimum absolute atomic E-state index is 1.25. The third-order valence-electron chi connectivity index (χ3n) is 6.36. The Kier molecular flexibility index (Phi) is 4.11. The van der Waals surface area contributed by atoms with Crippen molar-refractivity contribution in [1.29, 1.82) is 0 Å². The Bertz CT molecular complexity index is 1450. The minimum Gasteiger partial charge on any atom is -0.0622 e. The summed E-state index contributed by atoms with van der Waals surface area (Å²) in [5.41, 5.74) is 11.7. The van der Waals surface area contributed by atoms with Gasteiger partial charge in [-0.2, -0.15) is 0 Å². The molecule has 0 nitrogen and oxygen atoms in total. The second-order valence-corrected chi connectivity index (χ2v) is 8.19. The highest BCUT2D eigenvalue weighted by Gasteiger charge is 2.26. The van der Waals surface area contributed by atoms with Crippen molar-refractivity contribution in [3.63, 3.8) is 0 Å². The van der Waals surface area contributed by atoms with E-state index in [4.69, 9.17) is 0 Å². The first-order valence-corrected chi connectivity index (χ1v) is 10.8. The second-order valence-electron chi connectivity index (χ2n) is 8.19. The molecule has 1 aliphatic rings. The maximum absolute atomic E-state index is 2.29. The van der Waals surface area contributed by atoms with E-state index >= 15 is 0 Å². The van der Waals surface area contributed by atoms with E-state index in [9.17, 15) is 0 Å². The molecule has 0 aliphatic heterocycles. The Balaban J connectivity index is 1.90. The summed E-state index contributed by atoms with van der Waals surface area (Å²) in [6, 6.07) is 41.8. The SMILES string of the molecule is Cc1cccc2c1-c1cccc3cccc(c13)C(c1ccccc1)=C2c1ccccc1. The van der Waals surface area contributed by atoms with E-state index in [2.05, 4.69) is 122 Å². The molecule has 0 unspecified atom stereocenters. The average molecular weight is 395 g/mol. The highest BCUT2D eigenvalue weighted by molar-refractivity contribution is 6.18. The molecule has 0 fully saturated rings. The zero-order chi connectivity index (χ0) is 20.8. The van der Waals surface area contributed by atoms with Crippen LogP contribution in [0.25, 0.3) is 33.0 Å². The van der Waals surface area contributed by atoms with Gasteiger partial charge in [-0.3, -0.25) is 0 Å². The van der Waals surface area contributed by atoms with Gasteiger partial charge in [-0.1, -0.05) is 115 Å². The number of rotatable bonds is 2. The summed E-state index contributed by atoms with van der Waals surface area (Å²) >= 11 is 0. The van der Waals surface area contributed by atoms with E-state index in [1.54, 1.807) is 0 Å². The number of benzene rings is 5. The quantitative estimate of drug-likeness (QED) is 0.278. The standard InChI is InChI=1S/C31H22/c1-21-11-8-18-26-28(21)25-19-9-16-22-17-10-20-27(29(22)25)31(24-14-6-3-7-15-24)30(26)23-12-4-2-5-13-23/h2-20H,1H3. The topological polar surface area (TPSA) is 0 Å². The van der Waals surface area contributed by atoms with E-state index in [0.717, 1.165) is 0 Å². The summed E-state index contributed by atoms with van der Waals surface area (Å²) < 4.78 is 0. The molecule has 0 amide bonds. The van der Waals surface area contributed by atoms with Crippen LogP contribution in [0.4, 0.5) is 0 Å². The second kappa shape index (κ2) is 7.11. The van der Waals surface area contributed by atoms with Gasteiger partial charge in [0.1, 0.15) is 0 Å². The molecule has 0 heterocycles. The molecule has 0 aromatic heterocycles. The Morgan fingerprint density at radius 2 is 0.935 bits per heavy atom. The van der Waals surface area contributed by atoms with Crippen LogP contribution in [-0.4, -0.2) is 0 Å². The lowest BCUT2D eigenvalue weighted by Crippen LogP contribution is -1.97. The summed E-state index contributed by atoms with van der Waals surface area (Å²) in [5.74, 6) is 0. The van der Waals surface area contributed by atoms with Crippen LogP contribution in [0.2, 0.25) is 0 Å². The van der Waals surface area contributed by atoms with Gasteiger partial charge in [0.2, 0.25) is 0 Å². The van der Waals surface area contributed by atoms with Crippen molar-refractivity contribution in [2.24, 2.45) is 0 Å².